The molecule has 0 aromatic heterocycles. The Kier molecular flexibility index (Phi) is 8.02. The molecular weight excluding hydrogens is 276 g/mol. The van der Waals surface area contributed by atoms with Crippen LogP contribution in [0, 0.1) is 5.92 Å². The third-order valence-corrected chi connectivity index (χ3v) is 5.29. The Morgan fingerprint density at radius 3 is 2.50 bits per heavy atom. The molecule has 0 aliphatic heterocycles. The van der Waals surface area contributed by atoms with Crippen molar-refractivity contribution < 1.29 is 13.2 Å². The maximum Gasteiger partial charge on any atom is 0.279 e. The average Bonchev–Trinajstić information content (AvgIpc) is 2.42. The molecule has 0 amide bonds. The van der Waals surface area contributed by atoms with Gasteiger partial charge in [-0.15, -0.1) is 0 Å². The third-order valence-electron chi connectivity index (χ3n) is 3.67. The molecule has 0 aromatic carbocycles. The Bertz CT molecular complexity index is 351. The molecule has 0 unspecified atom stereocenters. The molecule has 1 saturated carbocycles. The van der Waals surface area contributed by atoms with Crippen LogP contribution >= 0.6 is 0 Å². The third kappa shape index (κ3) is 6.52. The smallest absolute Gasteiger partial charge is 0.279 e. The van der Waals surface area contributed by atoms with Crippen LogP contribution in [0.1, 0.15) is 52.4 Å². The molecule has 1 fully saturated rings. The van der Waals surface area contributed by atoms with Crippen molar-refractivity contribution in [1.29, 1.82) is 0 Å². The summed E-state index contributed by atoms with van der Waals surface area (Å²) in [4.78, 5) is 0. The molecule has 1 aliphatic rings. The van der Waals surface area contributed by atoms with E-state index in [4.69, 9.17) is 4.74 Å². The summed E-state index contributed by atoms with van der Waals surface area (Å²) in [6.07, 6.45) is 6.17. The number of nitrogens with one attached hydrogen (secondary N) is 1. The molecule has 1 N–H and O–H groups in total. The summed E-state index contributed by atoms with van der Waals surface area (Å²) < 4.78 is 33.9. The van der Waals surface area contributed by atoms with Gasteiger partial charge in [0.1, 0.15) is 0 Å². The highest BCUT2D eigenvalue weighted by atomic mass is 32.2. The first kappa shape index (κ1) is 17.9. The van der Waals surface area contributed by atoms with Gasteiger partial charge in [-0.3, -0.25) is 0 Å². The van der Waals surface area contributed by atoms with Crippen molar-refractivity contribution in [3.63, 3.8) is 0 Å². The quantitative estimate of drug-likeness (QED) is 0.664. The SMILES string of the molecule is CC(C)COCCCNS(=O)(=O)N(C)C1CCCCC1. The molecule has 1 aliphatic carbocycles. The molecule has 5 nitrogen and oxygen atoms in total. The lowest BCUT2D eigenvalue weighted by Crippen LogP contribution is -2.45. The lowest BCUT2D eigenvalue weighted by Gasteiger charge is -2.30. The fourth-order valence-electron chi connectivity index (χ4n) is 2.44. The predicted molar refractivity (Wildman–Crippen MR) is 81.8 cm³/mol. The van der Waals surface area contributed by atoms with E-state index in [0.29, 0.717) is 25.5 Å². The van der Waals surface area contributed by atoms with Crippen molar-refractivity contribution in [2.24, 2.45) is 5.92 Å². The molecule has 0 radical (unpaired) electrons. The van der Waals surface area contributed by atoms with Crippen molar-refractivity contribution in [1.82, 2.24) is 9.03 Å². The van der Waals surface area contributed by atoms with E-state index in [2.05, 4.69) is 18.6 Å². The fourth-order valence-corrected chi connectivity index (χ4v) is 3.65. The largest absolute Gasteiger partial charge is 0.381 e. The molecule has 0 bridgehead atoms. The van der Waals surface area contributed by atoms with Gasteiger partial charge in [-0.25, -0.2) is 4.72 Å². The van der Waals surface area contributed by atoms with Crippen molar-refractivity contribution in [3.8, 4) is 0 Å². The molecule has 0 heterocycles. The monoisotopic (exact) mass is 306 g/mol. The zero-order valence-corrected chi connectivity index (χ0v) is 13.9. The molecule has 20 heavy (non-hydrogen) atoms. The molecule has 0 saturated heterocycles. The van der Waals surface area contributed by atoms with Gasteiger partial charge in [0.25, 0.3) is 10.2 Å². The van der Waals surface area contributed by atoms with Crippen LogP contribution in [0.3, 0.4) is 0 Å². The van der Waals surface area contributed by atoms with Gasteiger partial charge in [0, 0.05) is 32.8 Å². The molecule has 0 atom stereocenters. The van der Waals surface area contributed by atoms with Crippen LogP contribution in [0.25, 0.3) is 0 Å². The maximum absolute atomic E-state index is 12.1. The van der Waals surface area contributed by atoms with Crippen LogP contribution in [0.4, 0.5) is 0 Å². The fraction of sp³-hybridized carbons (Fsp3) is 1.00. The highest BCUT2D eigenvalue weighted by Gasteiger charge is 2.26. The lowest BCUT2D eigenvalue weighted by atomic mass is 9.96. The van der Waals surface area contributed by atoms with Crippen LogP contribution in [0.2, 0.25) is 0 Å². The summed E-state index contributed by atoms with van der Waals surface area (Å²) in [6.45, 7) is 5.98. The number of nitrogens with zero attached hydrogens (tertiary/aromatic N) is 1. The minimum atomic E-state index is -3.34. The molecule has 0 aromatic rings. The Morgan fingerprint density at radius 2 is 1.90 bits per heavy atom. The first-order valence-corrected chi connectivity index (χ1v) is 9.18. The summed E-state index contributed by atoms with van der Waals surface area (Å²) >= 11 is 0. The summed E-state index contributed by atoms with van der Waals surface area (Å²) in [5.41, 5.74) is 0. The second-order valence-electron chi connectivity index (χ2n) is 6.03. The maximum atomic E-state index is 12.1. The van der Waals surface area contributed by atoms with Gasteiger partial charge in [0.2, 0.25) is 0 Å². The summed E-state index contributed by atoms with van der Waals surface area (Å²) in [5, 5.41) is 0. The van der Waals surface area contributed by atoms with E-state index in [-0.39, 0.29) is 6.04 Å². The topological polar surface area (TPSA) is 58.6 Å². The van der Waals surface area contributed by atoms with Crippen LogP contribution in [0.5, 0.6) is 0 Å². The Labute approximate surface area is 124 Å². The Morgan fingerprint density at radius 1 is 1.25 bits per heavy atom. The minimum Gasteiger partial charge on any atom is -0.381 e. The van der Waals surface area contributed by atoms with Gasteiger partial charge >= 0.3 is 0 Å². The summed E-state index contributed by atoms with van der Waals surface area (Å²) in [6, 6.07) is 0.165. The average molecular weight is 306 g/mol. The Hall–Kier alpha value is -0.170. The zero-order chi connectivity index (χ0) is 15.0. The van der Waals surface area contributed by atoms with Gasteiger partial charge in [-0.05, 0) is 25.2 Å². The van der Waals surface area contributed by atoms with Crippen molar-refractivity contribution >= 4 is 10.2 Å². The highest BCUT2D eigenvalue weighted by Crippen LogP contribution is 2.22. The van der Waals surface area contributed by atoms with Gasteiger partial charge in [0.05, 0.1) is 0 Å². The van der Waals surface area contributed by atoms with E-state index in [1.807, 2.05) is 0 Å². The second kappa shape index (κ2) is 8.97. The summed E-state index contributed by atoms with van der Waals surface area (Å²) in [5.74, 6) is 0.518. The van der Waals surface area contributed by atoms with Crippen molar-refractivity contribution in [2.75, 3.05) is 26.8 Å². The molecule has 1 rings (SSSR count). The van der Waals surface area contributed by atoms with Crippen LogP contribution in [-0.4, -0.2) is 45.6 Å². The van der Waals surface area contributed by atoms with E-state index >= 15 is 0 Å². The zero-order valence-electron chi connectivity index (χ0n) is 13.1. The second-order valence-corrected chi connectivity index (χ2v) is 7.84. The molecular formula is C14H30N2O3S. The normalized spacial score (nSPS) is 18.1. The van der Waals surface area contributed by atoms with Gasteiger partial charge < -0.3 is 4.74 Å². The van der Waals surface area contributed by atoms with Crippen LogP contribution < -0.4 is 4.72 Å². The standard InChI is InChI=1S/C14H30N2O3S/c1-13(2)12-19-11-7-10-15-20(17,18)16(3)14-8-5-4-6-9-14/h13-15H,4-12H2,1-3H3. The minimum absolute atomic E-state index is 0.165. The molecule has 120 valence electrons. The highest BCUT2D eigenvalue weighted by molar-refractivity contribution is 7.87. The van der Waals surface area contributed by atoms with Gasteiger partial charge in [-0.2, -0.15) is 12.7 Å². The molecule has 0 spiro atoms. The lowest BCUT2D eigenvalue weighted by molar-refractivity contribution is 0.108. The first-order chi connectivity index (χ1) is 9.43. The Balaban J connectivity index is 2.23. The number of hydrogen-bond acceptors (Lipinski definition) is 3. The first-order valence-electron chi connectivity index (χ1n) is 7.74. The van der Waals surface area contributed by atoms with E-state index in [1.165, 1.54) is 10.7 Å². The van der Waals surface area contributed by atoms with Crippen LogP contribution in [0.15, 0.2) is 0 Å². The summed E-state index contributed by atoms with van der Waals surface area (Å²) in [7, 11) is -1.65. The molecule has 6 heteroatoms. The van der Waals surface area contributed by atoms with E-state index in [1.54, 1.807) is 7.05 Å². The van der Waals surface area contributed by atoms with Crippen molar-refractivity contribution in [3.05, 3.63) is 0 Å². The predicted octanol–water partition coefficient (Wildman–Crippen LogP) is 2.15. The van der Waals surface area contributed by atoms with E-state index in [0.717, 1.165) is 32.3 Å². The van der Waals surface area contributed by atoms with Gasteiger partial charge in [0.15, 0.2) is 0 Å². The number of hydrogen-bond donors (Lipinski definition) is 1. The van der Waals surface area contributed by atoms with Crippen molar-refractivity contribution in [2.45, 2.75) is 58.4 Å². The van der Waals surface area contributed by atoms with Crippen LogP contribution in [-0.2, 0) is 14.9 Å². The number of rotatable bonds is 9. The van der Waals surface area contributed by atoms with E-state index < -0.39 is 10.2 Å². The van der Waals surface area contributed by atoms with Gasteiger partial charge in [-0.1, -0.05) is 33.1 Å². The number of ether oxygens (including phenoxy) is 1. The van der Waals surface area contributed by atoms with E-state index in [9.17, 15) is 8.42 Å².